The summed E-state index contributed by atoms with van der Waals surface area (Å²) in [6, 6.07) is 11.1. The first-order valence-corrected chi connectivity index (χ1v) is 11.2. The topological polar surface area (TPSA) is 35.6 Å². The van der Waals surface area contributed by atoms with Crippen molar-refractivity contribution in [3.63, 3.8) is 0 Å². The number of nitrogens with zero attached hydrogens (tertiary/aromatic N) is 2. The molecule has 3 heterocycles. The summed E-state index contributed by atoms with van der Waals surface area (Å²) in [4.78, 5) is 18.8. The van der Waals surface area contributed by atoms with E-state index in [-0.39, 0.29) is 11.4 Å². The van der Waals surface area contributed by atoms with Crippen LogP contribution in [-0.2, 0) is 18.4 Å². The monoisotopic (exact) mass is 397 g/mol. The Morgan fingerprint density at radius 3 is 2.46 bits per heavy atom. The zero-order valence-electron chi connectivity index (χ0n) is 17.2. The molecular formula is C23H31N3OS. The van der Waals surface area contributed by atoms with Crippen LogP contribution in [0, 0.1) is 0 Å². The first-order valence-electron chi connectivity index (χ1n) is 10.4. The molecule has 0 spiro atoms. The molecule has 150 valence electrons. The lowest BCUT2D eigenvalue weighted by molar-refractivity contribution is 0.111. The van der Waals surface area contributed by atoms with Crippen molar-refractivity contribution >= 4 is 23.1 Å². The van der Waals surface area contributed by atoms with Gasteiger partial charge in [-0.1, -0.05) is 32.9 Å². The van der Waals surface area contributed by atoms with Crippen LogP contribution in [-0.4, -0.2) is 41.5 Å². The normalized spacial score (nSPS) is 18.8. The number of carbonyl (C=O) groups is 1. The Balaban J connectivity index is 1.28. The molecule has 4 nitrogen and oxygen atoms in total. The molecule has 1 aromatic carbocycles. The van der Waals surface area contributed by atoms with Crippen molar-refractivity contribution in [2.45, 2.75) is 58.0 Å². The standard InChI is InChI=1S/C23H31N3OS/c1-23(2,3)18-4-6-19(7-5-18)24-22(27)25-12-8-20(9-13-25)26-14-10-21-17(16-26)11-15-28-21/h4-7,11,15,20H,8-10,12-14,16H2,1-3H3,(H,24,27). The molecule has 1 saturated heterocycles. The second kappa shape index (κ2) is 7.88. The van der Waals surface area contributed by atoms with Crippen LogP contribution in [0.4, 0.5) is 10.5 Å². The molecule has 2 aliphatic heterocycles. The van der Waals surface area contributed by atoms with E-state index in [2.05, 4.69) is 54.6 Å². The molecule has 0 radical (unpaired) electrons. The van der Waals surface area contributed by atoms with Gasteiger partial charge in [-0.3, -0.25) is 4.90 Å². The van der Waals surface area contributed by atoms with Crippen molar-refractivity contribution in [1.29, 1.82) is 0 Å². The molecule has 1 N–H and O–H groups in total. The van der Waals surface area contributed by atoms with E-state index in [9.17, 15) is 4.79 Å². The Labute approximate surface area is 172 Å². The summed E-state index contributed by atoms with van der Waals surface area (Å²) in [7, 11) is 0. The zero-order valence-corrected chi connectivity index (χ0v) is 18.0. The predicted molar refractivity (Wildman–Crippen MR) is 117 cm³/mol. The molecule has 4 rings (SSSR count). The number of fused-ring (bicyclic) bond motifs is 1. The fourth-order valence-electron chi connectivity index (χ4n) is 4.27. The number of hydrogen-bond donors (Lipinski definition) is 1. The van der Waals surface area contributed by atoms with Crippen LogP contribution in [0.5, 0.6) is 0 Å². The van der Waals surface area contributed by atoms with E-state index in [0.717, 1.165) is 44.7 Å². The summed E-state index contributed by atoms with van der Waals surface area (Å²) in [5.41, 5.74) is 3.79. The van der Waals surface area contributed by atoms with Crippen LogP contribution in [0.3, 0.4) is 0 Å². The van der Waals surface area contributed by atoms with Gasteiger partial charge < -0.3 is 10.2 Å². The highest BCUT2D eigenvalue weighted by Crippen LogP contribution is 2.28. The van der Waals surface area contributed by atoms with Crippen molar-refractivity contribution in [3.05, 3.63) is 51.7 Å². The van der Waals surface area contributed by atoms with Gasteiger partial charge in [0, 0.05) is 42.8 Å². The molecule has 2 amide bonds. The average Bonchev–Trinajstić information content (AvgIpc) is 3.15. The number of thiophene rings is 1. The molecule has 0 unspecified atom stereocenters. The fraction of sp³-hybridized carbons (Fsp3) is 0.522. The molecule has 28 heavy (non-hydrogen) atoms. The minimum atomic E-state index is 0.0284. The van der Waals surface area contributed by atoms with Crippen LogP contribution >= 0.6 is 11.3 Å². The lowest BCUT2D eigenvalue weighted by Gasteiger charge is -2.40. The maximum absolute atomic E-state index is 12.7. The third-order valence-corrected chi connectivity index (χ3v) is 7.13. The number of urea groups is 1. The minimum Gasteiger partial charge on any atom is -0.324 e. The summed E-state index contributed by atoms with van der Waals surface area (Å²) < 4.78 is 0. The summed E-state index contributed by atoms with van der Waals surface area (Å²) >= 11 is 1.89. The van der Waals surface area contributed by atoms with Crippen LogP contribution in [0.15, 0.2) is 35.7 Å². The average molecular weight is 398 g/mol. The Hall–Kier alpha value is -1.85. The molecule has 0 saturated carbocycles. The highest BCUT2D eigenvalue weighted by molar-refractivity contribution is 7.10. The highest BCUT2D eigenvalue weighted by atomic mass is 32.1. The number of amides is 2. The number of anilines is 1. The summed E-state index contributed by atoms with van der Waals surface area (Å²) in [6.45, 7) is 10.5. The molecule has 5 heteroatoms. The van der Waals surface area contributed by atoms with Gasteiger partial charge in [-0.2, -0.15) is 0 Å². The predicted octanol–water partition coefficient (Wildman–Crippen LogP) is 5.10. The first-order chi connectivity index (χ1) is 13.4. The number of likely N-dealkylation sites (tertiary alicyclic amines) is 1. The minimum absolute atomic E-state index is 0.0284. The second-order valence-corrected chi connectivity index (χ2v) is 10.1. The number of nitrogens with one attached hydrogen (secondary N) is 1. The largest absolute Gasteiger partial charge is 0.324 e. The maximum atomic E-state index is 12.7. The van der Waals surface area contributed by atoms with Gasteiger partial charge >= 0.3 is 6.03 Å². The van der Waals surface area contributed by atoms with Crippen LogP contribution < -0.4 is 5.32 Å². The van der Waals surface area contributed by atoms with Crippen LogP contribution in [0.1, 0.15) is 49.6 Å². The van der Waals surface area contributed by atoms with E-state index in [1.165, 1.54) is 17.5 Å². The van der Waals surface area contributed by atoms with E-state index in [4.69, 9.17) is 0 Å². The summed E-state index contributed by atoms with van der Waals surface area (Å²) in [6.07, 6.45) is 3.31. The Kier molecular flexibility index (Phi) is 5.48. The number of hydrogen-bond acceptors (Lipinski definition) is 3. The van der Waals surface area contributed by atoms with Gasteiger partial charge in [0.2, 0.25) is 0 Å². The van der Waals surface area contributed by atoms with E-state index in [1.54, 1.807) is 4.88 Å². The highest BCUT2D eigenvalue weighted by Gasteiger charge is 2.29. The zero-order chi connectivity index (χ0) is 19.7. The van der Waals surface area contributed by atoms with Gasteiger partial charge in [0.15, 0.2) is 0 Å². The number of benzene rings is 1. The smallest absolute Gasteiger partial charge is 0.321 e. The molecule has 1 aromatic heterocycles. The van der Waals surface area contributed by atoms with Gasteiger partial charge in [0.05, 0.1) is 0 Å². The van der Waals surface area contributed by atoms with Crippen molar-refractivity contribution < 1.29 is 4.79 Å². The van der Waals surface area contributed by atoms with Crippen molar-refractivity contribution in [1.82, 2.24) is 9.80 Å². The second-order valence-electron chi connectivity index (χ2n) is 9.07. The van der Waals surface area contributed by atoms with E-state index in [1.807, 2.05) is 28.4 Å². The SMILES string of the molecule is CC(C)(C)c1ccc(NC(=O)N2CCC(N3CCc4sccc4C3)CC2)cc1. The Bertz CT molecular complexity index is 813. The summed E-state index contributed by atoms with van der Waals surface area (Å²) in [5, 5.41) is 5.29. The fourth-order valence-corrected chi connectivity index (χ4v) is 5.16. The molecule has 0 bridgehead atoms. The maximum Gasteiger partial charge on any atom is 0.321 e. The molecule has 2 aromatic rings. The van der Waals surface area contributed by atoms with Gasteiger partial charge in [-0.05, 0) is 59.4 Å². The van der Waals surface area contributed by atoms with E-state index in [0.29, 0.717) is 6.04 Å². The number of piperidine rings is 1. The molecule has 0 aliphatic carbocycles. The van der Waals surface area contributed by atoms with E-state index >= 15 is 0 Å². The Morgan fingerprint density at radius 1 is 1.07 bits per heavy atom. The summed E-state index contributed by atoms with van der Waals surface area (Å²) in [5.74, 6) is 0. The van der Waals surface area contributed by atoms with Gasteiger partial charge in [0.1, 0.15) is 0 Å². The quantitative estimate of drug-likeness (QED) is 0.765. The van der Waals surface area contributed by atoms with Crippen molar-refractivity contribution in [2.24, 2.45) is 0 Å². The first kappa shape index (κ1) is 19.5. The van der Waals surface area contributed by atoms with Crippen LogP contribution in [0.2, 0.25) is 0 Å². The van der Waals surface area contributed by atoms with Gasteiger partial charge in [-0.15, -0.1) is 11.3 Å². The number of rotatable bonds is 2. The van der Waals surface area contributed by atoms with Gasteiger partial charge in [-0.25, -0.2) is 4.79 Å². The number of carbonyl (C=O) groups excluding carboxylic acids is 1. The lowest BCUT2D eigenvalue weighted by Crippen LogP contribution is -2.48. The third kappa shape index (κ3) is 4.26. The lowest BCUT2D eigenvalue weighted by atomic mass is 9.87. The van der Waals surface area contributed by atoms with Gasteiger partial charge in [0.25, 0.3) is 0 Å². The third-order valence-electron chi connectivity index (χ3n) is 6.11. The van der Waals surface area contributed by atoms with Crippen LogP contribution in [0.25, 0.3) is 0 Å². The van der Waals surface area contributed by atoms with Crippen molar-refractivity contribution in [2.75, 3.05) is 25.0 Å². The molecule has 2 aliphatic rings. The van der Waals surface area contributed by atoms with E-state index < -0.39 is 0 Å². The molecule has 1 fully saturated rings. The van der Waals surface area contributed by atoms with Crippen molar-refractivity contribution in [3.8, 4) is 0 Å². The Morgan fingerprint density at radius 2 is 1.79 bits per heavy atom. The molecular weight excluding hydrogens is 366 g/mol. The molecule has 0 atom stereocenters.